The molecule has 1 aromatic carbocycles. The van der Waals surface area contributed by atoms with Gasteiger partial charge in [0.1, 0.15) is 5.82 Å². The number of rotatable bonds is 2. The molecule has 0 N–H and O–H groups in total. The van der Waals surface area contributed by atoms with Crippen LogP contribution in [0.1, 0.15) is 45.2 Å². The first-order chi connectivity index (χ1) is 8.49. The fourth-order valence-corrected chi connectivity index (χ4v) is 3.07. The Bertz CT molecular complexity index is 421. The van der Waals surface area contributed by atoms with E-state index in [1.165, 1.54) is 12.8 Å². The van der Waals surface area contributed by atoms with Crippen molar-refractivity contribution >= 4 is 15.9 Å². The van der Waals surface area contributed by atoms with Crippen molar-refractivity contribution in [2.75, 3.05) is 6.54 Å². The molecular weight excluding hydrogens is 293 g/mol. The number of likely N-dealkylation sites (tertiary alicyclic amines) is 1. The van der Waals surface area contributed by atoms with Gasteiger partial charge in [-0.1, -0.05) is 13.0 Å². The highest BCUT2D eigenvalue weighted by Gasteiger charge is 2.27. The Morgan fingerprint density at radius 3 is 2.72 bits per heavy atom. The first-order valence-electron chi connectivity index (χ1n) is 6.69. The maximum absolute atomic E-state index is 13.6. The fraction of sp³-hybridized carbons (Fsp3) is 0.600. The number of halogens is 2. The average molecular weight is 314 g/mol. The largest absolute Gasteiger partial charge is 0.294 e. The monoisotopic (exact) mass is 313 g/mol. The second-order valence-corrected chi connectivity index (χ2v) is 6.43. The van der Waals surface area contributed by atoms with Crippen LogP contribution in [0.2, 0.25) is 0 Å². The molecular formula is C15H21BrFN. The lowest BCUT2D eigenvalue weighted by molar-refractivity contribution is 0.0843. The molecule has 0 aliphatic carbocycles. The zero-order valence-corrected chi connectivity index (χ0v) is 12.9. The van der Waals surface area contributed by atoms with Gasteiger partial charge in [0.25, 0.3) is 0 Å². The molecule has 1 aliphatic rings. The molecule has 18 heavy (non-hydrogen) atoms. The van der Waals surface area contributed by atoms with Gasteiger partial charge in [0.05, 0.1) is 4.47 Å². The lowest BCUT2D eigenvalue weighted by Crippen LogP contribution is -2.42. The summed E-state index contributed by atoms with van der Waals surface area (Å²) < 4.78 is 14.2. The molecule has 0 amide bonds. The van der Waals surface area contributed by atoms with Gasteiger partial charge in [-0.05, 0) is 66.2 Å². The highest BCUT2D eigenvalue weighted by molar-refractivity contribution is 9.10. The van der Waals surface area contributed by atoms with Gasteiger partial charge in [-0.15, -0.1) is 0 Å². The summed E-state index contributed by atoms with van der Waals surface area (Å²) in [6.45, 7) is 7.86. The van der Waals surface area contributed by atoms with Crippen LogP contribution in [-0.4, -0.2) is 17.5 Å². The molecule has 1 aliphatic heterocycles. The number of hydrogen-bond donors (Lipinski definition) is 0. The zero-order valence-electron chi connectivity index (χ0n) is 11.3. The molecule has 1 aromatic rings. The zero-order chi connectivity index (χ0) is 13.3. The van der Waals surface area contributed by atoms with Crippen LogP contribution in [-0.2, 0) is 0 Å². The van der Waals surface area contributed by atoms with E-state index in [1.54, 1.807) is 12.1 Å². The highest BCUT2D eigenvalue weighted by atomic mass is 79.9. The van der Waals surface area contributed by atoms with Crippen LogP contribution in [0.5, 0.6) is 0 Å². The van der Waals surface area contributed by atoms with Crippen molar-refractivity contribution in [2.24, 2.45) is 5.92 Å². The van der Waals surface area contributed by atoms with E-state index < -0.39 is 0 Å². The van der Waals surface area contributed by atoms with Gasteiger partial charge in [0, 0.05) is 18.6 Å². The fourth-order valence-electron chi connectivity index (χ4n) is 2.83. The van der Waals surface area contributed by atoms with E-state index in [1.807, 2.05) is 6.07 Å². The predicted molar refractivity (Wildman–Crippen MR) is 77.1 cm³/mol. The van der Waals surface area contributed by atoms with E-state index >= 15 is 0 Å². The topological polar surface area (TPSA) is 3.24 Å². The first-order valence-corrected chi connectivity index (χ1v) is 7.49. The second kappa shape index (κ2) is 5.70. The summed E-state index contributed by atoms with van der Waals surface area (Å²) in [5, 5.41) is 0. The molecule has 0 saturated carbocycles. The van der Waals surface area contributed by atoms with Crippen LogP contribution >= 0.6 is 15.9 Å². The molecule has 3 heteroatoms. The first kappa shape index (κ1) is 14.0. The molecule has 1 heterocycles. The quantitative estimate of drug-likeness (QED) is 0.760. The van der Waals surface area contributed by atoms with Crippen molar-refractivity contribution in [3.8, 4) is 0 Å². The third-order valence-corrected chi connectivity index (χ3v) is 4.73. The van der Waals surface area contributed by atoms with Crippen LogP contribution in [0.25, 0.3) is 0 Å². The Morgan fingerprint density at radius 2 is 2.06 bits per heavy atom. The van der Waals surface area contributed by atoms with Crippen LogP contribution < -0.4 is 0 Å². The molecule has 1 unspecified atom stereocenters. The summed E-state index contributed by atoms with van der Waals surface area (Å²) in [6, 6.07) is 6.34. The number of hydrogen-bond acceptors (Lipinski definition) is 1. The summed E-state index contributed by atoms with van der Waals surface area (Å²) in [6.07, 6.45) is 2.55. The molecule has 0 bridgehead atoms. The van der Waals surface area contributed by atoms with Crippen LogP contribution in [0.15, 0.2) is 22.7 Å². The van der Waals surface area contributed by atoms with Crippen molar-refractivity contribution in [3.05, 3.63) is 34.1 Å². The van der Waals surface area contributed by atoms with Crippen molar-refractivity contribution in [1.29, 1.82) is 0 Å². The summed E-state index contributed by atoms with van der Waals surface area (Å²) in [7, 11) is 0. The number of benzene rings is 1. The van der Waals surface area contributed by atoms with Gasteiger partial charge in [-0.3, -0.25) is 4.90 Å². The smallest absolute Gasteiger partial charge is 0.137 e. The molecule has 1 fully saturated rings. The van der Waals surface area contributed by atoms with Crippen LogP contribution in [0.3, 0.4) is 0 Å². The lowest BCUT2D eigenvalue weighted by atomic mass is 9.92. The van der Waals surface area contributed by atoms with E-state index in [4.69, 9.17) is 0 Å². The molecule has 1 saturated heterocycles. The third-order valence-electron chi connectivity index (χ3n) is 4.09. The minimum Gasteiger partial charge on any atom is -0.294 e. The molecule has 100 valence electrons. The number of nitrogens with zero attached hydrogens (tertiary/aromatic N) is 1. The van der Waals surface area contributed by atoms with Gasteiger partial charge in [0.15, 0.2) is 0 Å². The SMILES string of the molecule is CC(c1ccc(Br)c(F)c1)N1C[C@H](C)CC[C@H]1C. The molecule has 1 nitrogen and oxygen atoms in total. The van der Waals surface area contributed by atoms with Crippen molar-refractivity contribution in [3.63, 3.8) is 0 Å². The summed E-state index contributed by atoms with van der Waals surface area (Å²) in [5.41, 5.74) is 1.07. The van der Waals surface area contributed by atoms with E-state index in [0.29, 0.717) is 10.5 Å². The summed E-state index contributed by atoms with van der Waals surface area (Å²) in [5.74, 6) is 0.570. The summed E-state index contributed by atoms with van der Waals surface area (Å²) >= 11 is 3.21. The standard InChI is InChI=1S/C15H21BrFN/c1-10-4-5-11(2)18(9-10)12(3)13-6-7-14(16)15(17)8-13/h6-8,10-12H,4-5,9H2,1-3H3/t10-,11-,12?/m1/s1. The Hall–Kier alpha value is -0.410. The minimum atomic E-state index is -0.169. The Balaban J connectivity index is 2.18. The third kappa shape index (κ3) is 2.94. The number of piperidine rings is 1. The second-order valence-electron chi connectivity index (χ2n) is 5.58. The predicted octanol–water partition coefficient (Wildman–Crippen LogP) is 4.77. The Labute approximate surface area is 118 Å². The van der Waals surface area contributed by atoms with E-state index in [9.17, 15) is 4.39 Å². The van der Waals surface area contributed by atoms with Crippen molar-refractivity contribution < 1.29 is 4.39 Å². The van der Waals surface area contributed by atoms with E-state index in [2.05, 4.69) is 41.6 Å². The van der Waals surface area contributed by atoms with Crippen molar-refractivity contribution in [2.45, 2.75) is 45.7 Å². The normalized spacial score (nSPS) is 27.2. The Kier molecular flexibility index (Phi) is 4.44. The van der Waals surface area contributed by atoms with Gasteiger partial charge < -0.3 is 0 Å². The van der Waals surface area contributed by atoms with E-state index in [-0.39, 0.29) is 11.9 Å². The van der Waals surface area contributed by atoms with Gasteiger partial charge in [0.2, 0.25) is 0 Å². The lowest BCUT2D eigenvalue weighted by Gasteiger charge is -2.41. The maximum Gasteiger partial charge on any atom is 0.137 e. The molecule has 0 spiro atoms. The minimum absolute atomic E-state index is 0.169. The molecule has 2 rings (SSSR count). The molecule has 3 atom stereocenters. The van der Waals surface area contributed by atoms with Gasteiger partial charge in [-0.2, -0.15) is 0 Å². The summed E-state index contributed by atoms with van der Waals surface area (Å²) in [4.78, 5) is 2.50. The van der Waals surface area contributed by atoms with E-state index in [0.717, 1.165) is 18.0 Å². The van der Waals surface area contributed by atoms with Gasteiger partial charge >= 0.3 is 0 Å². The molecule has 0 radical (unpaired) electrons. The maximum atomic E-state index is 13.6. The van der Waals surface area contributed by atoms with Crippen molar-refractivity contribution in [1.82, 2.24) is 4.90 Å². The van der Waals surface area contributed by atoms with Crippen LogP contribution in [0, 0.1) is 11.7 Å². The Morgan fingerprint density at radius 1 is 1.33 bits per heavy atom. The van der Waals surface area contributed by atoms with Gasteiger partial charge in [-0.25, -0.2) is 4.39 Å². The highest BCUT2D eigenvalue weighted by Crippen LogP contribution is 2.31. The average Bonchev–Trinajstić information content (AvgIpc) is 2.35. The molecule has 0 aromatic heterocycles. The van der Waals surface area contributed by atoms with Crippen LogP contribution in [0.4, 0.5) is 4.39 Å².